The van der Waals surface area contributed by atoms with Crippen LogP contribution in [0.3, 0.4) is 0 Å². The minimum atomic E-state index is 0.0300. The third-order valence-corrected chi connectivity index (χ3v) is 4.77. The van der Waals surface area contributed by atoms with Gasteiger partial charge < -0.3 is 14.9 Å². The van der Waals surface area contributed by atoms with Gasteiger partial charge in [-0.05, 0) is 42.0 Å². The van der Waals surface area contributed by atoms with Crippen LogP contribution in [0.25, 0.3) is 0 Å². The summed E-state index contributed by atoms with van der Waals surface area (Å²) in [6.45, 7) is 0.360. The van der Waals surface area contributed by atoms with Crippen LogP contribution < -0.4 is 4.74 Å². The molecule has 0 saturated carbocycles. The summed E-state index contributed by atoms with van der Waals surface area (Å²) in [5.41, 5.74) is 3.45. The molecule has 158 valence electrons. The molecule has 0 aliphatic rings. The van der Waals surface area contributed by atoms with E-state index in [0.717, 1.165) is 5.56 Å². The molecule has 0 aliphatic heterocycles. The largest absolute Gasteiger partial charge is 0.507 e. The number of nitrogens with zero attached hydrogens (tertiary/aromatic N) is 2. The molecule has 0 saturated heterocycles. The average molecular weight is 422 g/mol. The second-order valence-corrected chi connectivity index (χ2v) is 7.03. The van der Waals surface area contributed by atoms with Crippen molar-refractivity contribution in [1.82, 2.24) is 0 Å². The first-order valence-electron chi connectivity index (χ1n) is 10.1. The molecule has 4 aromatic rings. The van der Waals surface area contributed by atoms with Gasteiger partial charge in [-0.3, -0.25) is 9.98 Å². The first-order valence-corrected chi connectivity index (χ1v) is 10.1. The van der Waals surface area contributed by atoms with Crippen molar-refractivity contribution in [2.24, 2.45) is 9.98 Å². The SMILES string of the molecule is Oc1ccccc1C=Nc1ccccc1N=Cc1cccc(OCc2ccccc2)c1O. The highest BCUT2D eigenvalue weighted by Gasteiger charge is 2.07. The van der Waals surface area contributed by atoms with Gasteiger partial charge in [0.05, 0.1) is 11.4 Å². The molecule has 0 fully saturated rings. The fourth-order valence-electron chi connectivity index (χ4n) is 3.05. The van der Waals surface area contributed by atoms with Crippen LogP contribution in [0, 0.1) is 0 Å². The molecule has 0 heterocycles. The number of ether oxygens (including phenoxy) is 1. The van der Waals surface area contributed by atoms with E-state index in [-0.39, 0.29) is 11.5 Å². The molecule has 0 amide bonds. The molecule has 5 heteroatoms. The van der Waals surface area contributed by atoms with Crippen molar-refractivity contribution >= 4 is 23.8 Å². The molecule has 0 radical (unpaired) electrons. The molecule has 0 unspecified atom stereocenters. The third kappa shape index (κ3) is 5.21. The molecular formula is C27H22N2O3. The van der Waals surface area contributed by atoms with Gasteiger partial charge in [0.2, 0.25) is 0 Å². The van der Waals surface area contributed by atoms with Crippen molar-refractivity contribution in [3.05, 3.63) is 114 Å². The van der Waals surface area contributed by atoms with Gasteiger partial charge in [-0.25, -0.2) is 0 Å². The minimum Gasteiger partial charge on any atom is -0.507 e. The molecular weight excluding hydrogens is 400 g/mol. The lowest BCUT2D eigenvalue weighted by atomic mass is 10.2. The zero-order valence-corrected chi connectivity index (χ0v) is 17.3. The summed E-state index contributed by atoms with van der Waals surface area (Å²) in [7, 11) is 0. The fourth-order valence-corrected chi connectivity index (χ4v) is 3.05. The number of para-hydroxylation sites is 4. The quantitative estimate of drug-likeness (QED) is 0.349. The number of phenolic OH excluding ortho intramolecular Hbond substituents is 2. The van der Waals surface area contributed by atoms with Crippen LogP contribution in [0.15, 0.2) is 107 Å². The number of aliphatic imine (C=N–C) groups is 2. The van der Waals surface area contributed by atoms with Crippen molar-refractivity contribution in [2.75, 3.05) is 0 Å². The first kappa shape index (κ1) is 20.9. The average Bonchev–Trinajstić information content (AvgIpc) is 2.83. The summed E-state index contributed by atoms with van der Waals surface area (Å²) < 4.78 is 5.78. The lowest BCUT2D eigenvalue weighted by molar-refractivity contribution is 0.289. The topological polar surface area (TPSA) is 74.4 Å². The van der Waals surface area contributed by atoms with Gasteiger partial charge in [-0.1, -0.05) is 60.7 Å². The Bertz CT molecular complexity index is 1250. The van der Waals surface area contributed by atoms with E-state index in [2.05, 4.69) is 9.98 Å². The molecule has 0 spiro atoms. The van der Waals surface area contributed by atoms with Gasteiger partial charge in [0.25, 0.3) is 0 Å². The number of rotatable bonds is 7. The molecule has 32 heavy (non-hydrogen) atoms. The minimum absolute atomic E-state index is 0.0300. The van der Waals surface area contributed by atoms with E-state index >= 15 is 0 Å². The highest BCUT2D eigenvalue weighted by atomic mass is 16.5. The molecule has 0 bridgehead atoms. The number of phenols is 2. The van der Waals surface area contributed by atoms with Crippen LogP contribution in [0.1, 0.15) is 16.7 Å². The Balaban J connectivity index is 1.53. The predicted octanol–water partition coefficient (Wildman–Crippen LogP) is 6.18. The van der Waals surface area contributed by atoms with Crippen molar-refractivity contribution in [3.63, 3.8) is 0 Å². The molecule has 4 rings (SSSR count). The normalized spacial score (nSPS) is 11.2. The van der Waals surface area contributed by atoms with E-state index in [4.69, 9.17) is 4.74 Å². The van der Waals surface area contributed by atoms with Gasteiger partial charge in [-0.15, -0.1) is 0 Å². The van der Waals surface area contributed by atoms with E-state index in [9.17, 15) is 10.2 Å². The summed E-state index contributed by atoms with van der Waals surface area (Å²) in [6, 6.07) is 29.5. The maximum Gasteiger partial charge on any atom is 0.166 e. The van der Waals surface area contributed by atoms with Crippen LogP contribution in [-0.2, 0) is 6.61 Å². The van der Waals surface area contributed by atoms with Gasteiger partial charge in [0.1, 0.15) is 12.4 Å². The summed E-state index contributed by atoms with van der Waals surface area (Å²) in [6.07, 6.45) is 3.18. The second kappa shape index (κ2) is 10.1. The predicted molar refractivity (Wildman–Crippen MR) is 128 cm³/mol. The lowest BCUT2D eigenvalue weighted by Gasteiger charge is -2.09. The number of aromatic hydroxyl groups is 2. The van der Waals surface area contributed by atoms with E-state index in [1.54, 1.807) is 42.8 Å². The summed E-state index contributed by atoms with van der Waals surface area (Å²) in [5.74, 6) is 0.584. The lowest BCUT2D eigenvalue weighted by Crippen LogP contribution is -1.96. The monoisotopic (exact) mass is 422 g/mol. The van der Waals surface area contributed by atoms with Crippen LogP contribution in [0.4, 0.5) is 11.4 Å². The number of benzene rings is 4. The van der Waals surface area contributed by atoms with Crippen LogP contribution in [0.5, 0.6) is 17.2 Å². The highest BCUT2D eigenvalue weighted by Crippen LogP contribution is 2.31. The maximum absolute atomic E-state index is 10.6. The zero-order valence-electron chi connectivity index (χ0n) is 17.3. The first-order chi connectivity index (χ1) is 15.7. The van der Waals surface area contributed by atoms with Crippen molar-refractivity contribution in [3.8, 4) is 17.2 Å². The summed E-state index contributed by atoms with van der Waals surface area (Å²) in [5, 5.41) is 20.5. The van der Waals surface area contributed by atoms with Gasteiger partial charge in [0.15, 0.2) is 11.5 Å². The van der Waals surface area contributed by atoms with E-state index in [1.165, 1.54) is 0 Å². The highest BCUT2D eigenvalue weighted by molar-refractivity contribution is 5.89. The molecule has 2 N–H and O–H groups in total. The van der Waals surface area contributed by atoms with Gasteiger partial charge >= 0.3 is 0 Å². The molecule has 0 aliphatic carbocycles. The Hall–Kier alpha value is -4.38. The second-order valence-electron chi connectivity index (χ2n) is 7.03. The Labute approximate surface area is 186 Å². The van der Waals surface area contributed by atoms with Gasteiger partial charge in [-0.2, -0.15) is 0 Å². The molecule has 0 aromatic heterocycles. The van der Waals surface area contributed by atoms with Crippen LogP contribution >= 0.6 is 0 Å². The van der Waals surface area contributed by atoms with Crippen LogP contribution in [-0.4, -0.2) is 22.6 Å². The Morgan fingerprint density at radius 3 is 1.94 bits per heavy atom. The fraction of sp³-hybridized carbons (Fsp3) is 0.0370. The Kier molecular flexibility index (Phi) is 6.58. The Morgan fingerprint density at radius 2 is 1.22 bits per heavy atom. The summed E-state index contributed by atoms with van der Waals surface area (Å²) >= 11 is 0. The maximum atomic E-state index is 10.6. The third-order valence-electron chi connectivity index (χ3n) is 4.77. The standard InChI is InChI=1S/C27H22N2O3/c30-25-15-7-4-11-21(25)17-28-23-13-5-6-14-24(23)29-18-22-12-8-16-26(27(22)31)32-19-20-9-2-1-3-10-20/h1-18,30-31H,19H2. The van der Waals surface area contributed by atoms with Crippen molar-refractivity contribution in [1.29, 1.82) is 0 Å². The molecule has 0 atom stereocenters. The summed E-state index contributed by atoms with van der Waals surface area (Å²) in [4.78, 5) is 8.98. The zero-order chi connectivity index (χ0) is 22.2. The number of hydrogen-bond donors (Lipinski definition) is 2. The Morgan fingerprint density at radius 1 is 0.625 bits per heavy atom. The van der Waals surface area contributed by atoms with Crippen LogP contribution in [0.2, 0.25) is 0 Å². The van der Waals surface area contributed by atoms with Crippen molar-refractivity contribution < 1.29 is 14.9 Å². The molecule has 4 aromatic carbocycles. The van der Waals surface area contributed by atoms with E-state index in [1.807, 2.05) is 66.7 Å². The van der Waals surface area contributed by atoms with Gasteiger partial charge in [0, 0.05) is 23.6 Å². The van der Waals surface area contributed by atoms with E-state index < -0.39 is 0 Å². The van der Waals surface area contributed by atoms with E-state index in [0.29, 0.717) is 34.9 Å². The number of hydrogen-bond acceptors (Lipinski definition) is 5. The molecule has 5 nitrogen and oxygen atoms in total. The smallest absolute Gasteiger partial charge is 0.166 e. The van der Waals surface area contributed by atoms with Crippen molar-refractivity contribution in [2.45, 2.75) is 6.61 Å².